The van der Waals surface area contributed by atoms with Crippen molar-refractivity contribution in [3.05, 3.63) is 75.8 Å². The average molecular weight is 327 g/mol. The van der Waals surface area contributed by atoms with E-state index in [1.165, 1.54) is 6.21 Å². The van der Waals surface area contributed by atoms with Crippen molar-refractivity contribution in [2.45, 2.75) is 0 Å². The predicted octanol–water partition coefficient (Wildman–Crippen LogP) is 1.34. The maximum absolute atomic E-state index is 12.1. The molecule has 3 N–H and O–H groups in total. The third-order valence-corrected chi connectivity index (χ3v) is 2.70. The van der Waals surface area contributed by atoms with E-state index in [4.69, 9.17) is 10.5 Å². The quantitative estimate of drug-likeness (QED) is 0.213. The van der Waals surface area contributed by atoms with Gasteiger partial charge in [0.05, 0.1) is 11.8 Å². The predicted molar refractivity (Wildman–Crippen MR) is 87.2 cm³/mol. The van der Waals surface area contributed by atoms with E-state index in [1.807, 2.05) is 0 Å². The highest BCUT2D eigenvalue weighted by Crippen LogP contribution is 2.17. The van der Waals surface area contributed by atoms with Crippen LogP contribution in [-0.4, -0.2) is 23.2 Å². The Labute approximate surface area is 136 Å². The fourth-order valence-electron chi connectivity index (χ4n) is 1.69. The zero-order chi connectivity index (χ0) is 17.4. The maximum atomic E-state index is 12.1. The first-order chi connectivity index (χ1) is 11.6. The average Bonchev–Trinajstić information content (AvgIpc) is 2.56. The Morgan fingerprint density at radius 2 is 1.83 bits per heavy atom. The lowest BCUT2D eigenvalue weighted by molar-refractivity contribution is -0.485. The number of carbonyl (C=O) groups excluding carboxylic acids is 1. The number of ether oxygens (including phenoxy) is 1. The highest BCUT2D eigenvalue weighted by atomic mass is 16.7. The highest BCUT2D eigenvalue weighted by molar-refractivity contribution is 5.93. The van der Waals surface area contributed by atoms with Gasteiger partial charge in [-0.2, -0.15) is 5.10 Å². The summed E-state index contributed by atoms with van der Waals surface area (Å²) in [6.07, 6.45) is 1.30. The summed E-state index contributed by atoms with van der Waals surface area (Å²) in [4.78, 5) is 22.2. The largest absolute Gasteiger partial charge is 0.422 e. The molecule has 9 nitrogen and oxygen atoms in total. The van der Waals surface area contributed by atoms with Crippen LogP contribution in [-0.2, 0) is 0 Å². The molecule has 2 aromatic rings. The van der Waals surface area contributed by atoms with E-state index in [0.29, 0.717) is 11.1 Å². The number of nitrogens with one attached hydrogen (secondary N) is 1. The molecule has 0 heterocycles. The summed E-state index contributed by atoms with van der Waals surface area (Å²) >= 11 is 0. The van der Waals surface area contributed by atoms with Gasteiger partial charge in [-0.15, -0.1) is 0 Å². The van der Waals surface area contributed by atoms with Crippen molar-refractivity contribution >= 4 is 18.1 Å². The third kappa shape index (κ3) is 4.91. The molecule has 9 heteroatoms. The maximum Gasteiger partial charge on any atom is 0.343 e. The zero-order valence-electron chi connectivity index (χ0n) is 12.3. The molecule has 0 aromatic heterocycles. The van der Waals surface area contributed by atoms with E-state index in [2.05, 4.69) is 15.6 Å². The summed E-state index contributed by atoms with van der Waals surface area (Å²) in [7, 11) is 0. The number of esters is 1. The fraction of sp³-hybridized carbons (Fsp3) is 0. The van der Waals surface area contributed by atoms with Crippen molar-refractivity contribution in [1.29, 1.82) is 0 Å². The van der Waals surface area contributed by atoms with Crippen LogP contribution in [0.4, 0.5) is 0 Å². The van der Waals surface area contributed by atoms with E-state index in [0.717, 1.165) is 0 Å². The summed E-state index contributed by atoms with van der Waals surface area (Å²) < 4.78 is 5.33. The van der Waals surface area contributed by atoms with E-state index < -0.39 is 17.0 Å². The van der Waals surface area contributed by atoms with Crippen LogP contribution in [0, 0.1) is 10.1 Å². The highest BCUT2D eigenvalue weighted by Gasteiger charge is 2.10. The lowest BCUT2D eigenvalue weighted by Crippen LogP contribution is -2.28. The van der Waals surface area contributed by atoms with E-state index in [1.54, 1.807) is 54.6 Å². The number of hydrazone groups is 2. The molecule has 24 heavy (non-hydrogen) atoms. The number of para-hydroxylation sites is 1. The van der Waals surface area contributed by atoms with Crippen molar-refractivity contribution in [2.75, 3.05) is 0 Å². The Balaban J connectivity index is 2.10. The number of hydrogen-bond acceptors (Lipinski definition) is 5. The molecule has 2 aromatic carbocycles. The molecule has 0 aliphatic carbocycles. The summed E-state index contributed by atoms with van der Waals surface area (Å²) in [5, 5.41) is 15.7. The standard InChI is InChI=1S/C15H13N5O4/c16-15(19-20(22)23)18-17-10-12-8-4-5-9-13(12)24-14(21)11-6-2-1-3-7-11/h1-10H,(H3,16,18,19)/b17-10-. The number of guanidine groups is 1. The Kier molecular flexibility index (Phi) is 5.56. The van der Waals surface area contributed by atoms with Crippen LogP contribution in [0.3, 0.4) is 0 Å². The summed E-state index contributed by atoms with van der Waals surface area (Å²) in [5.74, 6) is -0.712. The molecule has 0 fully saturated rings. The molecule has 2 rings (SSSR count). The lowest BCUT2D eigenvalue weighted by atomic mass is 10.2. The van der Waals surface area contributed by atoms with Crippen molar-refractivity contribution < 1.29 is 14.6 Å². The van der Waals surface area contributed by atoms with Crippen LogP contribution in [0.15, 0.2) is 64.8 Å². The lowest BCUT2D eigenvalue weighted by Gasteiger charge is -2.07. The monoisotopic (exact) mass is 327 g/mol. The summed E-state index contributed by atoms with van der Waals surface area (Å²) in [6.45, 7) is 0. The van der Waals surface area contributed by atoms with Gasteiger partial charge in [-0.25, -0.2) is 20.3 Å². The third-order valence-electron chi connectivity index (χ3n) is 2.70. The number of hydrogen-bond donors (Lipinski definition) is 2. The molecule has 0 atom stereocenters. The van der Waals surface area contributed by atoms with Crippen LogP contribution >= 0.6 is 0 Å². The minimum Gasteiger partial charge on any atom is -0.422 e. The second kappa shape index (κ2) is 8.03. The van der Waals surface area contributed by atoms with Gasteiger partial charge in [0.1, 0.15) is 10.9 Å². The van der Waals surface area contributed by atoms with E-state index in [9.17, 15) is 14.9 Å². The number of nitrogens with zero attached hydrogens (tertiary/aromatic N) is 3. The first-order valence-corrected chi connectivity index (χ1v) is 6.70. The summed E-state index contributed by atoms with van der Waals surface area (Å²) in [5.41, 5.74) is 8.30. The molecule has 122 valence electrons. The molecule has 0 aliphatic rings. The molecule has 0 aliphatic heterocycles. The van der Waals surface area contributed by atoms with Crippen LogP contribution in [0.1, 0.15) is 15.9 Å². The molecule has 0 spiro atoms. The fourth-order valence-corrected chi connectivity index (χ4v) is 1.69. The van der Waals surface area contributed by atoms with Crippen molar-refractivity contribution in [3.8, 4) is 5.75 Å². The van der Waals surface area contributed by atoms with E-state index >= 15 is 0 Å². The Morgan fingerprint density at radius 3 is 2.54 bits per heavy atom. The minimum atomic E-state index is -0.951. The van der Waals surface area contributed by atoms with Gasteiger partial charge in [0.2, 0.25) is 0 Å². The SMILES string of the molecule is N/C(=N\[N+](=O)[O-])N/N=C\c1ccccc1OC(=O)c1ccccc1. The van der Waals surface area contributed by atoms with Crippen LogP contribution in [0.5, 0.6) is 5.75 Å². The summed E-state index contributed by atoms with van der Waals surface area (Å²) in [6, 6.07) is 15.2. The molecular weight excluding hydrogens is 314 g/mol. The van der Waals surface area contributed by atoms with Crippen molar-refractivity contribution in [1.82, 2.24) is 5.43 Å². The van der Waals surface area contributed by atoms with Gasteiger partial charge < -0.3 is 10.5 Å². The Hall–Kier alpha value is -3.75. The van der Waals surface area contributed by atoms with Gasteiger partial charge in [-0.3, -0.25) is 0 Å². The van der Waals surface area contributed by atoms with Gasteiger partial charge in [0.15, 0.2) is 5.03 Å². The molecule has 0 saturated heterocycles. The zero-order valence-corrected chi connectivity index (χ0v) is 12.3. The van der Waals surface area contributed by atoms with Gasteiger partial charge in [0, 0.05) is 5.56 Å². The van der Waals surface area contributed by atoms with Crippen molar-refractivity contribution in [2.24, 2.45) is 15.9 Å². The van der Waals surface area contributed by atoms with Gasteiger partial charge in [0.25, 0.3) is 5.96 Å². The van der Waals surface area contributed by atoms with Gasteiger partial charge in [-0.05, 0) is 24.3 Å². The van der Waals surface area contributed by atoms with Crippen LogP contribution in [0.2, 0.25) is 0 Å². The second-order valence-corrected chi connectivity index (χ2v) is 4.39. The Morgan fingerprint density at radius 1 is 1.17 bits per heavy atom. The first kappa shape index (κ1) is 16.6. The number of nitrogens with two attached hydrogens (primary N) is 1. The number of benzene rings is 2. The molecule has 0 unspecified atom stereocenters. The molecule has 0 saturated carbocycles. The topological polar surface area (TPSA) is 132 Å². The second-order valence-electron chi connectivity index (χ2n) is 4.39. The number of rotatable bonds is 5. The van der Waals surface area contributed by atoms with Gasteiger partial charge >= 0.3 is 5.97 Å². The van der Waals surface area contributed by atoms with Crippen LogP contribution in [0.25, 0.3) is 0 Å². The molecule has 0 radical (unpaired) electrons. The normalized spacial score (nSPS) is 11.2. The number of carbonyl (C=O) groups is 1. The Bertz CT molecular complexity index is 789. The van der Waals surface area contributed by atoms with E-state index in [-0.39, 0.29) is 5.75 Å². The number of nitro groups is 1. The van der Waals surface area contributed by atoms with Crippen LogP contribution < -0.4 is 15.9 Å². The molecule has 0 bridgehead atoms. The first-order valence-electron chi connectivity index (χ1n) is 6.70. The minimum absolute atomic E-state index is 0.279. The molecule has 0 amide bonds. The smallest absolute Gasteiger partial charge is 0.343 e. The van der Waals surface area contributed by atoms with Gasteiger partial charge in [-0.1, -0.05) is 30.3 Å². The van der Waals surface area contributed by atoms with Crippen molar-refractivity contribution in [3.63, 3.8) is 0 Å². The molecular formula is C15H13N5O4.